The number of fused-ring (bicyclic) bond motifs is 1. The second-order valence-corrected chi connectivity index (χ2v) is 8.85. The van der Waals surface area contributed by atoms with Crippen molar-refractivity contribution in [3.05, 3.63) is 46.5 Å². The summed E-state index contributed by atoms with van der Waals surface area (Å²) in [6.45, 7) is 3.88. The average Bonchev–Trinajstić information content (AvgIpc) is 2.95. The third kappa shape index (κ3) is 4.29. The van der Waals surface area contributed by atoms with Crippen molar-refractivity contribution in [2.75, 3.05) is 6.61 Å². The number of carboxylic acids is 1. The largest absolute Gasteiger partial charge is 0.480 e. The summed E-state index contributed by atoms with van der Waals surface area (Å²) in [4.78, 5) is 25.3. The van der Waals surface area contributed by atoms with Crippen molar-refractivity contribution >= 4 is 23.5 Å². The average molecular weight is 435 g/mol. The molecule has 0 aromatic heterocycles. The number of hydrogen-bond donors (Lipinski definition) is 2. The van der Waals surface area contributed by atoms with Gasteiger partial charge in [0, 0.05) is 17.2 Å². The lowest BCUT2D eigenvalue weighted by molar-refractivity contribution is -0.140. The summed E-state index contributed by atoms with van der Waals surface area (Å²) in [6.07, 6.45) is 13.5. The normalized spacial score (nSPS) is 28.2. The van der Waals surface area contributed by atoms with Gasteiger partial charge in [0.2, 0.25) is 5.91 Å². The van der Waals surface area contributed by atoms with E-state index >= 15 is 0 Å². The van der Waals surface area contributed by atoms with Crippen LogP contribution in [0.4, 0.5) is 0 Å². The molecule has 2 aliphatic heterocycles. The van der Waals surface area contributed by atoms with Gasteiger partial charge in [-0.05, 0) is 62.2 Å². The first-order valence-electron chi connectivity index (χ1n) is 10.7. The molecule has 0 aromatic rings. The molecule has 3 unspecified atom stereocenters. The molecule has 1 amide bonds. The fourth-order valence-electron chi connectivity index (χ4n) is 5.52. The van der Waals surface area contributed by atoms with Gasteiger partial charge >= 0.3 is 5.97 Å². The molecule has 0 fully saturated rings. The standard InChI is InChI=1S/C23H31ClN2O4/c1-3-18-17(12-20(25)27)22-19(30-14-21(28)29)9-6-10-26(22)23(18,4-2)13-15-7-5-8-16(24)11-15/h6,8-10,15,18H,3-5,7,11-14H2,1-2H3,(H2,25,27)(H,28,29). The van der Waals surface area contributed by atoms with Gasteiger partial charge < -0.3 is 20.5 Å². The van der Waals surface area contributed by atoms with Crippen molar-refractivity contribution in [2.45, 2.75) is 64.3 Å². The Morgan fingerprint density at radius 1 is 1.40 bits per heavy atom. The summed E-state index contributed by atoms with van der Waals surface area (Å²) >= 11 is 6.36. The van der Waals surface area contributed by atoms with Crippen molar-refractivity contribution < 1.29 is 19.4 Å². The number of halogens is 1. The summed E-state index contributed by atoms with van der Waals surface area (Å²) in [5.74, 6) is -0.364. The summed E-state index contributed by atoms with van der Waals surface area (Å²) in [7, 11) is 0. The van der Waals surface area contributed by atoms with Gasteiger partial charge in [-0.15, -0.1) is 0 Å². The van der Waals surface area contributed by atoms with E-state index in [4.69, 9.17) is 27.2 Å². The number of carbonyl (C=O) groups excluding carboxylic acids is 1. The highest BCUT2D eigenvalue weighted by atomic mass is 35.5. The fraction of sp³-hybridized carbons (Fsp3) is 0.565. The highest BCUT2D eigenvalue weighted by Gasteiger charge is 2.52. The van der Waals surface area contributed by atoms with Crippen molar-refractivity contribution in [1.82, 2.24) is 4.90 Å². The Labute approximate surface area is 183 Å². The monoisotopic (exact) mass is 434 g/mol. The first-order valence-corrected chi connectivity index (χ1v) is 11.1. The van der Waals surface area contributed by atoms with E-state index in [0.717, 1.165) is 54.8 Å². The van der Waals surface area contributed by atoms with E-state index in [0.29, 0.717) is 11.7 Å². The molecule has 3 atom stereocenters. The molecule has 30 heavy (non-hydrogen) atoms. The zero-order valence-corrected chi connectivity index (χ0v) is 18.5. The number of carbonyl (C=O) groups is 2. The topological polar surface area (TPSA) is 92.9 Å². The van der Waals surface area contributed by atoms with Crippen molar-refractivity contribution in [1.29, 1.82) is 0 Å². The zero-order valence-electron chi connectivity index (χ0n) is 17.7. The minimum atomic E-state index is -1.04. The number of nitrogens with two attached hydrogens (primary N) is 1. The van der Waals surface area contributed by atoms with E-state index in [1.165, 1.54) is 0 Å². The van der Waals surface area contributed by atoms with Crippen LogP contribution < -0.4 is 5.73 Å². The Bertz CT molecular complexity index is 829. The molecule has 0 saturated carbocycles. The number of allylic oxidation sites excluding steroid dienone is 4. The van der Waals surface area contributed by atoms with Gasteiger partial charge in [0.25, 0.3) is 0 Å². The predicted molar refractivity (Wildman–Crippen MR) is 116 cm³/mol. The number of rotatable bonds is 9. The maximum atomic E-state index is 12.0. The Morgan fingerprint density at radius 3 is 2.77 bits per heavy atom. The molecule has 3 aliphatic rings. The number of carboxylic acid groups (broad SMARTS) is 1. The van der Waals surface area contributed by atoms with Crippen molar-refractivity contribution in [3.63, 3.8) is 0 Å². The lowest BCUT2D eigenvalue weighted by Crippen LogP contribution is -2.48. The first kappa shape index (κ1) is 22.5. The van der Waals surface area contributed by atoms with Crippen LogP contribution in [0.3, 0.4) is 0 Å². The zero-order chi connectivity index (χ0) is 21.9. The number of ether oxygens (including phenoxy) is 1. The van der Waals surface area contributed by atoms with E-state index in [-0.39, 0.29) is 17.9 Å². The maximum Gasteiger partial charge on any atom is 0.341 e. The molecule has 3 N–H and O–H groups in total. The van der Waals surface area contributed by atoms with Gasteiger partial charge in [-0.1, -0.05) is 31.5 Å². The highest BCUT2D eigenvalue weighted by Crippen LogP contribution is 2.54. The second kappa shape index (κ2) is 9.29. The van der Waals surface area contributed by atoms with Crippen LogP contribution in [0.1, 0.15) is 58.8 Å². The second-order valence-electron chi connectivity index (χ2n) is 8.36. The molecular formula is C23H31ClN2O4. The van der Waals surface area contributed by atoms with E-state index < -0.39 is 18.5 Å². The van der Waals surface area contributed by atoms with Crippen LogP contribution in [0.5, 0.6) is 0 Å². The van der Waals surface area contributed by atoms with Crippen LogP contribution >= 0.6 is 11.6 Å². The number of amides is 1. The SMILES string of the molecule is CCC1C(CC(N)=O)=C2C(OCC(=O)O)=CC=CN2C1(CC)CC1CCC=C(Cl)C1. The number of hydrogen-bond acceptors (Lipinski definition) is 4. The van der Waals surface area contributed by atoms with Gasteiger partial charge in [0.05, 0.1) is 17.7 Å². The highest BCUT2D eigenvalue weighted by molar-refractivity contribution is 6.29. The van der Waals surface area contributed by atoms with Gasteiger partial charge in [-0.2, -0.15) is 0 Å². The van der Waals surface area contributed by atoms with Gasteiger partial charge in [-0.3, -0.25) is 4.79 Å². The summed E-state index contributed by atoms with van der Waals surface area (Å²) in [5, 5.41) is 10.0. The molecule has 0 saturated heterocycles. The summed E-state index contributed by atoms with van der Waals surface area (Å²) in [6, 6.07) is 0. The third-order valence-corrected chi connectivity index (χ3v) is 6.92. The molecule has 6 nitrogen and oxygen atoms in total. The number of primary amides is 1. The smallest absolute Gasteiger partial charge is 0.341 e. The molecule has 2 heterocycles. The Kier molecular flexibility index (Phi) is 6.96. The van der Waals surface area contributed by atoms with Crippen LogP contribution in [0.15, 0.2) is 46.5 Å². The minimum absolute atomic E-state index is 0.120. The minimum Gasteiger partial charge on any atom is -0.480 e. The quantitative estimate of drug-likeness (QED) is 0.559. The number of nitrogens with zero attached hydrogens (tertiary/aromatic N) is 1. The Hall–Kier alpha value is -2.21. The van der Waals surface area contributed by atoms with E-state index in [9.17, 15) is 9.59 Å². The Balaban J connectivity index is 2.02. The molecule has 0 radical (unpaired) electrons. The lowest BCUT2D eigenvalue weighted by atomic mass is 9.70. The maximum absolute atomic E-state index is 12.0. The van der Waals surface area contributed by atoms with E-state index in [1.807, 2.05) is 12.3 Å². The molecule has 0 spiro atoms. The van der Waals surface area contributed by atoms with Crippen LogP contribution in [-0.4, -0.2) is 34.0 Å². The first-order chi connectivity index (χ1) is 14.3. The van der Waals surface area contributed by atoms with Crippen LogP contribution in [0.2, 0.25) is 0 Å². The fourth-order valence-corrected chi connectivity index (χ4v) is 5.85. The summed E-state index contributed by atoms with van der Waals surface area (Å²) in [5.41, 5.74) is 7.15. The molecule has 3 rings (SSSR count). The molecule has 1 aliphatic carbocycles. The van der Waals surface area contributed by atoms with Gasteiger partial charge in [0.1, 0.15) is 5.76 Å². The summed E-state index contributed by atoms with van der Waals surface area (Å²) < 4.78 is 5.64. The molecule has 0 bridgehead atoms. The van der Waals surface area contributed by atoms with Gasteiger partial charge in [-0.25, -0.2) is 4.79 Å². The van der Waals surface area contributed by atoms with Crippen LogP contribution in [-0.2, 0) is 14.3 Å². The Morgan fingerprint density at radius 2 is 2.17 bits per heavy atom. The van der Waals surface area contributed by atoms with Crippen LogP contribution in [0.25, 0.3) is 0 Å². The number of aliphatic carboxylic acids is 1. The van der Waals surface area contributed by atoms with Crippen molar-refractivity contribution in [3.8, 4) is 0 Å². The molecular weight excluding hydrogens is 404 g/mol. The molecule has 164 valence electrons. The lowest BCUT2D eigenvalue weighted by Gasteiger charge is -2.46. The molecule has 7 heteroatoms. The van der Waals surface area contributed by atoms with Crippen molar-refractivity contribution in [2.24, 2.45) is 17.6 Å². The molecule has 0 aromatic carbocycles. The van der Waals surface area contributed by atoms with Crippen LogP contribution in [0, 0.1) is 11.8 Å². The van der Waals surface area contributed by atoms with E-state index in [1.54, 1.807) is 6.08 Å². The predicted octanol–water partition coefficient (Wildman–Crippen LogP) is 4.43. The van der Waals surface area contributed by atoms with E-state index in [2.05, 4.69) is 24.8 Å². The third-order valence-electron chi connectivity index (χ3n) is 6.61. The van der Waals surface area contributed by atoms with Gasteiger partial charge in [0.15, 0.2) is 6.61 Å².